The van der Waals surface area contributed by atoms with E-state index >= 15 is 0 Å². The molecule has 9 aliphatic carbocycles. The number of hydrogen-bond donors (Lipinski definition) is 0. The van der Waals surface area contributed by atoms with E-state index in [0.29, 0.717) is 23.1 Å². The average molecular weight is 723 g/mol. The molecule has 14 rings (SSSR count). The molecule has 11 fully saturated rings. The van der Waals surface area contributed by atoms with E-state index in [-0.39, 0.29) is 19.2 Å². The van der Waals surface area contributed by atoms with Crippen LogP contribution in [0, 0.1) is 75.9 Å². The van der Waals surface area contributed by atoms with Crippen LogP contribution in [0.1, 0.15) is 71.2 Å². The summed E-state index contributed by atoms with van der Waals surface area (Å²) < 4.78 is 30.0. The Balaban J connectivity index is 0.550. The zero-order valence-corrected chi connectivity index (χ0v) is 30.6. The molecule has 7 heteroatoms. The second kappa shape index (κ2) is 10.00. The van der Waals surface area contributed by atoms with Crippen LogP contribution in [0.25, 0.3) is 11.1 Å². The van der Waals surface area contributed by atoms with Crippen molar-refractivity contribution in [3.05, 3.63) is 89.5 Å². The summed E-state index contributed by atoms with van der Waals surface area (Å²) in [6.45, 7) is 2.81. The van der Waals surface area contributed by atoms with Gasteiger partial charge < -0.3 is 23.7 Å². The molecule has 0 aromatic heterocycles. The molecule has 0 radical (unpaired) electrons. The third kappa shape index (κ3) is 3.91. The van der Waals surface area contributed by atoms with Crippen molar-refractivity contribution >= 4 is 11.9 Å². The molecule has 54 heavy (non-hydrogen) atoms. The van der Waals surface area contributed by atoms with E-state index in [1.165, 1.54) is 43.1 Å². The summed E-state index contributed by atoms with van der Waals surface area (Å²) in [4.78, 5) is 26.4. The van der Waals surface area contributed by atoms with Crippen LogP contribution < -0.4 is 4.74 Å². The molecule has 0 N–H and O–H groups in total. The van der Waals surface area contributed by atoms with Gasteiger partial charge in [-0.3, -0.25) is 0 Å². The van der Waals surface area contributed by atoms with Gasteiger partial charge in [-0.15, -0.1) is 0 Å². The lowest BCUT2D eigenvalue weighted by Gasteiger charge is -2.32. The predicted octanol–water partition coefficient (Wildman–Crippen LogP) is 7.58. The van der Waals surface area contributed by atoms with Crippen LogP contribution in [0.4, 0.5) is 0 Å². The number of esters is 2. The summed E-state index contributed by atoms with van der Waals surface area (Å²) in [6, 6.07) is 23.8. The lowest BCUT2D eigenvalue weighted by molar-refractivity contribution is -0.0287. The number of carbonyl (C=O) groups excluding carboxylic acids is 2. The Morgan fingerprint density at radius 2 is 1.17 bits per heavy atom. The Labute approximate surface area is 315 Å². The average Bonchev–Trinajstić information content (AvgIpc) is 3.96. The van der Waals surface area contributed by atoms with Crippen molar-refractivity contribution in [1.82, 2.24) is 0 Å². The van der Waals surface area contributed by atoms with Crippen LogP contribution in [-0.4, -0.2) is 55.7 Å². The molecule has 11 aliphatic rings. The lowest BCUT2D eigenvalue weighted by Crippen LogP contribution is -2.36. The zero-order valence-electron chi connectivity index (χ0n) is 30.6. The van der Waals surface area contributed by atoms with Crippen LogP contribution in [0.5, 0.6) is 5.75 Å². The maximum absolute atomic E-state index is 13.2. The van der Waals surface area contributed by atoms with Crippen molar-refractivity contribution < 1.29 is 33.3 Å². The van der Waals surface area contributed by atoms with E-state index < -0.39 is 30.4 Å². The molecule has 2 aliphatic heterocycles. The van der Waals surface area contributed by atoms with Gasteiger partial charge in [0.1, 0.15) is 24.1 Å². The van der Waals surface area contributed by atoms with Crippen LogP contribution >= 0.6 is 0 Å². The molecule has 0 bridgehead atoms. The highest BCUT2D eigenvalue weighted by atomic mass is 16.7. The molecule has 3 aromatic carbocycles. The first-order valence-corrected chi connectivity index (χ1v) is 21.1. The van der Waals surface area contributed by atoms with E-state index in [0.717, 1.165) is 81.0 Å². The molecular formula is C47H46O7. The minimum Gasteiger partial charge on any atom is -0.490 e. The first-order valence-electron chi connectivity index (χ1n) is 21.1. The Morgan fingerprint density at radius 3 is 1.69 bits per heavy atom. The quantitative estimate of drug-likeness (QED) is 0.211. The smallest absolute Gasteiger partial charge is 0.338 e. The normalized spacial score (nSPS) is 50.1. The van der Waals surface area contributed by atoms with Gasteiger partial charge in [0.2, 0.25) is 0 Å². The van der Waals surface area contributed by atoms with E-state index in [1.54, 1.807) is 18.6 Å². The largest absolute Gasteiger partial charge is 0.490 e. The monoisotopic (exact) mass is 722 g/mol. The summed E-state index contributed by atoms with van der Waals surface area (Å²) in [7, 11) is 0. The summed E-state index contributed by atoms with van der Waals surface area (Å²) in [5.41, 5.74) is 6.12. The van der Waals surface area contributed by atoms with Crippen molar-refractivity contribution in [3.8, 4) is 16.9 Å². The molecule has 0 amide bonds. The van der Waals surface area contributed by atoms with Crippen molar-refractivity contribution in [2.24, 2.45) is 75.9 Å². The highest BCUT2D eigenvalue weighted by molar-refractivity contribution is 5.90. The third-order valence-corrected chi connectivity index (χ3v) is 17.5. The van der Waals surface area contributed by atoms with Crippen LogP contribution in [0.15, 0.2) is 72.8 Å². The van der Waals surface area contributed by atoms with Crippen LogP contribution in [0.3, 0.4) is 0 Å². The molecular weight excluding hydrogens is 677 g/mol. The van der Waals surface area contributed by atoms with Crippen molar-refractivity contribution in [2.75, 3.05) is 13.2 Å². The van der Waals surface area contributed by atoms with Gasteiger partial charge in [-0.1, -0.05) is 43.3 Å². The Morgan fingerprint density at radius 1 is 0.630 bits per heavy atom. The van der Waals surface area contributed by atoms with Gasteiger partial charge >= 0.3 is 11.9 Å². The minimum absolute atomic E-state index is 0.201. The minimum atomic E-state index is -0.569. The number of ether oxygens (including phenoxy) is 5. The highest BCUT2D eigenvalue weighted by Gasteiger charge is 3.05. The molecule has 9 saturated carbocycles. The van der Waals surface area contributed by atoms with Crippen LogP contribution in [0.2, 0.25) is 0 Å². The van der Waals surface area contributed by atoms with E-state index in [2.05, 4.69) is 43.3 Å². The number of rotatable bonds is 9. The molecule has 2 saturated heterocycles. The van der Waals surface area contributed by atoms with Gasteiger partial charge in [0.05, 0.1) is 24.3 Å². The summed E-state index contributed by atoms with van der Waals surface area (Å²) in [6.07, 6.45) is 5.22. The Kier molecular flexibility index (Phi) is 5.65. The number of hydrogen-bond acceptors (Lipinski definition) is 7. The lowest BCUT2D eigenvalue weighted by atomic mass is 9.73. The molecule has 2 heterocycles. The van der Waals surface area contributed by atoms with Crippen molar-refractivity contribution in [2.45, 2.75) is 75.5 Å². The fourth-order valence-electron chi connectivity index (χ4n) is 14.4. The SMILES string of the molecule is CC1C2C1C21C2C(Oc3ccc(-c4ccc(C(=O)OC5CO[C@H]6[C@@H](OC(=O)c7ccc(C8CCC(C9C%10C9C%109C%10CC%109)CC8)cc7)CO[C@@H]56)cc4)cc3)C21. The molecule has 2 spiro atoms. The maximum atomic E-state index is 13.2. The van der Waals surface area contributed by atoms with E-state index in [1.807, 2.05) is 24.3 Å². The maximum Gasteiger partial charge on any atom is 0.338 e. The molecule has 12 atom stereocenters. The summed E-state index contributed by atoms with van der Waals surface area (Å²) >= 11 is 0. The topological polar surface area (TPSA) is 80.3 Å². The van der Waals surface area contributed by atoms with Gasteiger partial charge in [-0.25, -0.2) is 9.59 Å². The number of fused-ring (bicyclic) bond motifs is 13. The second-order valence-corrected chi connectivity index (χ2v) is 19.4. The third-order valence-electron chi connectivity index (χ3n) is 17.5. The highest BCUT2D eigenvalue weighted by Crippen LogP contribution is 3.05. The standard InChI is InChI=1S/C47H46O7/c1-21-35-36(21)47(35)39-40(47)43(39)52-29-16-14-25(15-17-29)24-6-12-28(13-7-24)45(49)54-33-20-51-41-32(19-50-42(33)41)53-44(48)27-10-4-23(5-11-27)22-2-8-26(9-3-22)34-37-38(34)46(37)30-18-31(30)46/h4-7,10-17,21-22,26,30-43H,2-3,8-9,18-20H2,1H3/t21?,22?,26?,30?,31?,32-,33?,34?,35?,36?,37?,38?,39?,40?,41-,42-,43?,46?,47?/m0/s1. The molecule has 7 nitrogen and oxygen atoms in total. The van der Waals surface area contributed by atoms with Gasteiger partial charge in [-0.2, -0.15) is 0 Å². The molecule has 276 valence electrons. The Bertz CT molecular complexity index is 2080. The molecule has 9 unspecified atom stereocenters. The first kappa shape index (κ1) is 30.5. The number of carbonyl (C=O) groups is 2. The Hall–Kier alpha value is -3.68. The second-order valence-electron chi connectivity index (χ2n) is 19.4. The van der Waals surface area contributed by atoms with Gasteiger partial charge in [-0.05, 0) is 155 Å². The van der Waals surface area contributed by atoms with Crippen molar-refractivity contribution in [3.63, 3.8) is 0 Å². The predicted molar refractivity (Wildman–Crippen MR) is 195 cm³/mol. The summed E-state index contributed by atoms with van der Waals surface area (Å²) in [5.74, 6) is 12.1. The van der Waals surface area contributed by atoms with E-state index in [9.17, 15) is 9.59 Å². The fourth-order valence-corrected chi connectivity index (χ4v) is 14.4. The van der Waals surface area contributed by atoms with E-state index in [4.69, 9.17) is 23.7 Å². The first-order chi connectivity index (χ1) is 26.5. The van der Waals surface area contributed by atoms with Crippen molar-refractivity contribution in [1.29, 1.82) is 0 Å². The van der Waals surface area contributed by atoms with Gasteiger partial charge in [0.25, 0.3) is 0 Å². The van der Waals surface area contributed by atoms with Gasteiger partial charge in [0, 0.05) is 11.8 Å². The summed E-state index contributed by atoms with van der Waals surface area (Å²) in [5, 5.41) is 0. The van der Waals surface area contributed by atoms with Crippen LogP contribution in [-0.2, 0) is 18.9 Å². The fraction of sp³-hybridized carbons (Fsp3) is 0.574. The molecule has 3 aromatic rings. The zero-order chi connectivity index (χ0) is 35.4. The van der Waals surface area contributed by atoms with Gasteiger partial charge in [0.15, 0.2) is 12.2 Å². The number of benzene rings is 3.